The summed E-state index contributed by atoms with van der Waals surface area (Å²) in [7, 11) is 3.05. The molecule has 2 aliphatic heterocycles. The van der Waals surface area contributed by atoms with Crippen LogP contribution in [0.15, 0.2) is 12.7 Å². The number of nitrogens with one attached hydrogen (secondary N) is 2. The van der Waals surface area contributed by atoms with Crippen molar-refractivity contribution in [3.63, 3.8) is 0 Å². The van der Waals surface area contributed by atoms with Crippen molar-refractivity contribution < 1.29 is 33.5 Å². The van der Waals surface area contributed by atoms with Gasteiger partial charge in [-0.05, 0) is 31.6 Å². The maximum atomic E-state index is 14.0. The normalized spacial score (nSPS) is 29.0. The molecule has 5 amide bonds. The molecule has 7 atom stereocenters. The van der Waals surface area contributed by atoms with E-state index in [0.717, 1.165) is 0 Å². The van der Waals surface area contributed by atoms with Crippen LogP contribution in [-0.4, -0.2) is 108 Å². The van der Waals surface area contributed by atoms with Crippen molar-refractivity contribution in [2.45, 2.75) is 103 Å². The summed E-state index contributed by atoms with van der Waals surface area (Å²) in [4.78, 5) is 84.5. The highest BCUT2D eigenvalue weighted by Crippen LogP contribution is 2.24. The van der Waals surface area contributed by atoms with Crippen LogP contribution in [0.2, 0.25) is 0 Å². The Kier molecular flexibility index (Phi) is 13.0. The number of cyclic esters (lactones) is 1. The molecule has 0 radical (unpaired) electrons. The van der Waals surface area contributed by atoms with Crippen molar-refractivity contribution in [1.29, 1.82) is 0 Å². The molecule has 2 N–H and O–H groups in total. The van der Waals surface area contributed by atoms with E-state index in [1.807, 2.05) is 27.7 Å². The Balaban J connectivity index is 2.55. The van der Waals surface area contributed by atoms with Crippen molar-refractivity contribution >= 4 is 35.5 Å². The number of ether oxygens (including phenoxy) is 1. The molecule has 42 heavy (non-hydrogen) atoms. The smallest absolute Gasteiger partial charge is 0.308 e. The maximum absolute atomic E-state index is 14.0. The summed E-state index contributed by atoms with van der Waals surface area (Å²) in [5, 5.41) is 5.54. The third-order valence-corrected chi connectivity index (χ3v) is 8.68. The van der Waals surface area contributed by atoms with E-state index in [9.17, 15) is 28.8 Å². The van der Waals surface area contributed by atoms with E-state index in [4.69, 9.17) is 4.74 Å². The third kappa shape index (κ3) is 8.10. The predicted octanol–water partition coefficient (Wildman–Crippen LogP) is 1.24. The zero-order valence-electron chi connectivity index (χ0n) is 26.2. The zero-order chi connectivity index (χ0) is 31.7. The monoisotopic (exact) mass is 591 g/mol. The van der Waals surface area contributed by atoms with Gasteiger partial charge >= 0.3 is 5.97 Å². The molecule has 0 aliphatic carbocycles. The number of carbonyl (C=O) groups is 6. The SMILES string of the molecule is C=CC[C@H]1OC(=O)CCNC(=O)[C@H](C)N(C)C(=O)C([C@@H](C)CC)N(C)C(=O)[C@H]([C@@H](C)CC)NC(=O)[C@@H]2CCCN2C1=O. The van der Waals surface area contributed by atoms with Crippen molar-refractivity contribution in [1.82, 2.24) is 25.3 Å². The number of nitrogens with zero attached hydrogens (tertiary/aromatic N) is 3. The zero-order valence-corrected chi connectivity index (χ0v) is 26.2. The van der Waals surface area contributed by atoms with E-state index in [0.29, 0.717) is 32.2 Å². The number of hydrogen-bond acceptors (Lipinski definition) is 7. The standard InChI is InChI=1S/C30H49N5O7/c1-9-13-22-28(39)35-17-12-14-21(35)27(38)32-24(18(4)10-2)29(40)34(8)25(19(5)11-3)30(41)33(7)20(6)26(37)31-16-15-23(36)42-22/h9,18-22,24-25H,1,10-17H2,2-8H3,(H,31,37)(H,32,38)/t18-,19-,20-,21-,22+,24-,25?/m0/s1. The molecule has 0 aromatic rings. The molecule has 12 heteroatoms. The summed E-state index contributed by atoms with van der Waals surface area (Å²) in [6, 6.07) is -3.56. The van der Waals surface area contributed by atoms with Gasteiger partial charge in [0.1, 0.15) is 24.2 Å². The minimum Gasteiger partial charge on any atom is -0.452 e. The number of carbonyl (C=O) groups excluding carboxylic acids is 6. The fourth-order valence-electron chi connectivity index (χ4n) is 5.37. The molecule has 2 rings (SSSR count). The van der Waals surface area contributed by atoms with Crippen LogP contribution in [0.25, 0.3) is 0 Å². The van der Waals surface area contributed by atoms with E-state index in [1.165, 1.54) is 27.8 Å². The molecule has 2 aliphatic rings. The Bertz CT molecular complexity index is 1030. The molecular weight excluding hydrogens is 542 g/mol. The van der Waals surface area contributed by atoms with Gasteiger partial charge in [-0.25, -0.2) is 0 Å². The second-order valence-electron chi connectivity index (χ2n) is 11.5. The van der Waals surface area contributed by atoms with Crippen molar-refractivity contribution in [3.05, 3.63) is 12.7 Å². The average molecular weight is 592 g/mol. The fraction of sp³-hybridized carbons (Fsp3) is 0.733. The molecule has 236 valence electrons. The van der Waals surface area contributed by atoms with Gasteiger partial charge in [0.15, 0.2) is 6.10 Å². The van der Waals surface area contributed by atoms with Crippen LogP contribution < -0.4 is 10.6 Å². The number of likely N-dealkylation sites (N-methyl/N-ethyl adjacent to an activating group) is 2. The summed E-state index contributed by atoms with van der Waals surface area (Å²) in [6.07, 6.45) is 2.30. The van der Waals surface area contributed by atoms with Gasteiger partial charge in [0.25, 0.3) is 5.91 Å². The van der Waals surface area contributed by atoms with Crippen molar-refractivity contribution in [3.8, 4) is 0 Å². The first-order chi connectivity index (χ1) is 19.8. The Morgan fingerprint density at radius 3 is 2.19 bits per heavy atom. The van der Waals surface area contributed by atoms with Crippen LogP contribution in [0.3, 0.4) is 0 Å². The lowest BCUT2D eigenvalue weighted by Gasteiger charge is -2.38. The molecule has 2 saturated heterocycles. The molecule has 12 nitrogen and oxygen atoms in total. The van der Waals surface area contributed by atoms with Gasteiger partial charge in [0, 0.05) is 33.6 Å². The van der Waals surface area contributed by atoms with E-state index in [-0.39, 0.29) is 31.2 Å². The van der Waals surface area contributed by atoms with E-state index < -0.39 is 65.8 Å². The van der Waals surface area contributed by atoms with Gasteiger partial charge in [-0.2, -0.15) is 0 Å². The first-order valence-corrected chi connectivity index (χ1v) is 15.0. The van der Waals surface area contributed by atoms with E-state index in [2.05, 4.69) is 17.2 Å². The molecule has 2 heterocycles. The highest BCUT2D eigenvalue weighted by molar-refractivity contribution is 5.96. The molecule has 0 bridgehead atoms. The number of esters is 1. The van der Waals surface area contributed by atoms with Crippen LogP contribution in [0.1, 0.15) is 73.1 Å². The Hall–Kier alpha value is -3.44. The minimum absolute atomic E-state index is 0.0570. The van der Waals surface area contributed by atoms with Gasteiger partial charge in [0.2, 0.25) is 23.6 Å². The van der Waals surface area contributed by atoms with Crippen LogP contribution in [-0.2, 0) is 33.5 Å². The Morgan fingerprint density at radius 1 is 0.952 bits per heavy atom. The summed E-state index contributed by atoms with van der Waals surface area (Å²) in [5.74, 6) is -3.49. The first-order valence-electron chi connectivity index (χ1n) is 15.0. The highest BCUT2D eigenvalue weighted by Gasteiger charge is 2.42. The van der Waals surface area contributed by atoms with Gasteiger partial charge in [-0.1, -0.05) is 46.6 Å². The molecule has 0 aromatic heterocycles. The molecule has 1 unspecified atom stereocenters. The molecular formula is C30H49N5O7. The van der Waals surface area contributed by atoms with Crippen molar-refractivity contribution in [2.75, 3.05) is 27.2 Å². The molecule has 0 spiro atoms. The van der Waals surface area contributed by atoms with E-state index >= 15 is 0 Å². The van der Waals surface area contributed by atoms with Crippen LogP contribution in [0.5, 0.6) is 0 Å². The fourth-order valence-corrected chi connectivity index (χ4v) is 5.37. The summed E-state index contributed by atoms with van der Waals surface area (Å²) < 4.78 is 5.46. The van der Waals surface area contributed by atoms with Crippen LogP contribution in [0, 0.1) is 11.8 Å². The lowest BCUT2D eigenvalue weighted by atomic mass is 9.92. The Morgan fingerprint density at radius 2 is 1.60 bits per heavy atom. The molecule has 2 fully saturated rings. The minimum atomic E-state index is -1.17. The lowest BCUT2D eigenvalue weighted by Crippen LogP contribution is -2.61. The van der Waals surface area contributed by atoms with Crippen LogP contribution in [0.4, 0.5) is 0 Å². The van der Waals surface area contributed by atoms with Crippen LogP contribution >= 0.6 is 0 Å². The predicted molar refractivity (Wildman–Crippen MR) is 157 cm³/mol. The van der Waals surface area contributed by atoms with Gasteiger partial charge < -0.3 is 30.1 Å². The Labute approximate surface area is 249 Å². The molecule has 0 aromatic carbocycles. The van der Waals surface area contributed by atoms with Gasteiger partial charge in [-0.15, -0.1) is 6.58 Å². The average Bonchev–Trinajstić information content (AvgIpc) is 3.47. The third-order valence-electron chi connectivity index (χ3n) is 8.68. The summed E-state index contributed by atoms with van der Waals surface area (Å²) in [6.45, 7) is 13.0. The van der Waals surface area contributed by atoms with Gasteiger partial charge in [-0.3, -0.25) is 28.8 Å². The lowest BCUT2D eigenvalue weighted by molar-refractivity contribution is -0.161. The topological polar surface area (TPSA) is 145 Å². The second kappa shape index (κ2) is 15.7. The number of amides is 5. The largest absolute Gasteiger partial charge is 0.452 e. The van der Waals surface area contributed by atoms with E-state index in [1.54, 1.807) is 14.0 Å². The number of hydrogen-bond donors (Lipinski definition) is 2. The highest BCUT2D eigenvalue weighted by atomic mass is 16.5. The first kappa shape index (κ1) is 34.8. The number of fused-ring (bicyclic) bond motifs is 1. The summed E-state index contributed by atoms with van der Waals surface area (Å²) >= 11 is 0. The molecule has 0 saturated carbocycles. The van der Waals surface area contributed by atoms with Gasteiger partial charge in [0.05, 0.1) is 6.42 Å². The number of rotatable bonds is 6. The second-order valence-corrected chi connectivity index (χ2v) is 11.5. The quantitative estimate of drug-likeness (QED) is 0.349. The maximum Gasteiger partial charge on any atom is 0.308 e. The summed E-state index contributed by atoms with van der Waals surface area (Å²) in [5.41, 5.74) is 0. The van der Waals surface area contributed by atoms with Crippen molar-refractivity contribution in [2.24, 2.45) is 11.8 Å².